The van der Waals surface area contributed by atoms with Gasteiger partial charge in [-0.3, -0.25) is 9.80 Å². The van der Waals surface area contributed by atoms with Gasteiger partial charge in [-0.05, 0) is 12.1 Å². The van der Waals surface area contributed by atoms with Crippen molar-refractivity contribution < 1.29 is 14.6 Å². The van der Waals surface area contributed by atoms with Crippen LogP contribution in [0, 0.1) is 0 Å². The van der Waals surface area contributed by atoms with Gasteiger partial charge in [0.1, 0.15) is 12.0 Å². The Balaban J connectivity index is 1.45. The Labute approximate surface area is 186 Å². The largest absolute Gasteiger partial charge is 0.508 e. The van der Waals surface area contributed by atoms with Crippen LogP contribution in [0.5, 0.6) is 5.75 Å². The minimum Gasteiger partial charge on any atom is -0.508 e. The molecule has 5 rings (SSSR count). The minimum absolute atomic E-state index is 0.220. The first-order valence-electron chi connectivity index (χ1n) is 11.1. The van der Waals surface area contributed by atoms with E-state index in [1.165, 1.54) is 0 Å². The Hall–Kier alpha value is -3.01. The molecule has 0 aliphatic carbocycles. The van der Waals surface area contributed by atoms with E-state index in [4.69, 9.17) is 14.7 Å². The van der Waals surface area contributed by atoms with Gasteiger partial charge < -0.3 is 23.9 Å². The van der Waals surface area contributed by atoms with Crippen molar-refractivity contribution in [1.29, 1.82) is 0 Å². The van der Waals surface area contributed by atoms with E-state index in [9.17, 15) is 9.90 Å². The van der Waals surface area contributed by atoms with Crippen molar-refractivity contribution in [2.45, 2.75) is 6.54 Å². The van der Waals surface area contributed by atoms with Crippen molar-refractivity contribution in [2.24, 2.45) is 0 Å². The van der Waals surface area contributed by atoms with Crippen LogP contribution in [-0.2, 0) is 16.1 Å². The van der Waals surface area contributed by atoms with Gasteiger partial charge in [0.05, 0.1) is 31.1 Å². The van der Waals surface area contributed by atoms with Crippen LogP contribution in [0.15, 0.2) is 36.7 Å². The lowest BCUT2D eigenvalue weighted by molar-refractivity contribution is -0.109. The molecule has 0 spiro atoms. The Morgan fingerprint density at radius 1 is 1.00 bits per heavy atom. The summed E-state index contributed by atoms with van der Waals surface area (Å²) in [4.78, 5) is 27.4. The van der Waals surface area contributed by atoms with Crippen LogP contribution >= 0.6 is 0 Å². The monoisotopic (exact) mass is 436 g/mol. The van der Waals surface area contributed by atoms with Crippen molar-refractivity contribution in [3.8, 4) is 17.0 Å². The summed E-state index contributed by atoms with van der Waals surface area (Å²) in [6.45, 7) is 7.79. The van der Waals surface area contributed by atoms with E-state index in [0.717, 1.165) is 80.5 Å². The number of phenols is 1. The molecule has 0 amide bonds. The van der Waals surface area contributed by atoms with Crippen molar-refractivity contribution in [1.82, 2.24) is 24.2 Å². The molecular weight excluding hydrogens is 408 g/mol. The molecule has 168 valence electrons. The standard InChI is InChI=1S/C23H28N6O3/c30-11-8-26-4-6-27(7-5-26)15-19-16-29-17-21(18-2-1-3-20(31)14-18)25-23(22(29)24-19)28-9-12-32-13-10-28/h1-3,11,14,16-17,31H,4-10,12-13,15H2. The number of aldehydes is 1. The molecule has 2 aliphatic rings. The fourth-order valence-corrected chi connectivity index (χ4v) is 4.37. The Morgan fingerprint density at radius 2 is 1.78 bits per heavy atom. The number of hydrogen-bond acceptors (Lipinski definition) is 8. The third-order valence-corrected chi connectivity index (χ3v) is 6.11. The molecule has 1 N–H and O–H groups in total. The summed E-state index contributed by atoms with van der Waals surface area (Å²) in [7, 11) is 0. The van der Waals surface area contributed by atoms with Crippen LogP contribution in [0.3, 0.4) is 0 Å². The van der Waals surface area contributed by atoms with Crippen LogP contribution in [0.25, 0.3) is 16.9 Å². The molecular formula is C23H28N6O3. The van der Waals surface area contributed by atoms with E-state index in [2.05, 4.69) is 25.3 Å². The maximum atomic E-state index is 10.8. The highest BCUT2D eigenvalue weighted by atomic mass is 16.5. The number of piperazine rings is 1. The highest BCUT2D eigenvalue weighted by molar-refractivity contribution is 5.71. The second kappa shape index (κ2) is 9.23. The number of morpholine rings is 1. The first-order valence-corrected chi connectivity index (χ1v) is 11.1. The molecule has 0 atom stereocenters. The number of anilines is 1. The van der Waals surface area contributed by atoms with E-state index in [1.54, 1.807) is 12.1 Å². The molecule has 0 bridgehead atoms. The average Bonchev–Trinajstić information content (AvgIpc) is 3.23. The summed E-state index contributed by atoms with van der Waals surface area (Å²) >= 11 is 0. The first kappa shape index (κ1) is 20.9. The molecule has 4 heterocycles. The first-order chi connectivity index (χ1) is 15.7. The average molecular weight is 437 g/mol. The fourth-order valence-electron chi connectivity index (χ4n) is 4.37. The molecule has 3 aromatic rings. The highest BCUT2D eigenvalue weighted by Gasteiger charge is 2.21. The quantitative estimate of drug-likeness (QED) is 0.578. The van der Waals surface area contributed by atoms with Gasteiger partial charge in [-0.25, -0.2) is 9.97 Å². The number of carbonyl (C=O) groups excluding carboxylic acids is 1. The zero-order chi connectivity index (χ0) is 21.9. The topological polar surface area (TPSA) is 86.4 Å². The number of benzene rings is 1. The van der Waals surface area contributed by atoms with Gasteiger partial charge in [-0.2, -0.15) is 0 Å². The molecule has 9 nitrogen and oxygen atoms in total. The zero-order valence-corrected chi connectivity index (χ0v) is 18.1. The smallest absolute Gasteiger partial charge is 0.180 e. The van der Waals surface area contributed by atoms with Crippen LogP contribution in [0.2, 0.25) is 0 Å². The maximum Gasteiger partial charge on any atom is 0.180 e. The summed E-state index contributed by atoms with van der Waals surface area (Å²) in [5.74, 6) is 1.06. The summed E-state index contributed by atoms with van der Waals surface area (Å²) in [5.41, 5.74) is 3.49. The lowest BCUT2D eigenvalue weighted by Crippen LogP contribution is -2.46. The third kappa shape index (κ3) is 4.45. The molecule has 0 saturated carbocycles. The van der Waals surface area contributed by atoms with Gasteiger partial charge >= 0.3 is 0 Å². The highest BCUT2D eigenvalue weighted by Crippen LogP contribution is 2.28. The normalized spacial score (nSPS) is 18.3. The Morgan fingerprint density at radius 3 is 2.53 bits per heavy atom. The number of rotatable bonds is 6. The molecule has 2 saturated heterocycles. The van der Waals surface area contributed by atoms with Crippen LogP contribution in [-0.4, -0.2) is 94.6 Å². The second-order valence-corrected chi connectivity index (χ2v) is 8.31. The molecule has 0 unspecified atom stereocenters. The van der Waals surface area contributed by atoms with Crippen molar-refractivity contribution in [3.05, 3.63) is 42.4 Å². The lowest BCUT2D eigenvalue weighted by atomic mass is 10.1. The molecule has 32 heavy (non-hydrogen) atoms. The number of aromatic hydroxyl groups is 1. The number of ether oxygens (including phenoxy) is 1. The molecule has 1 aromatic carbocycles. The van der Waals surface area contributed by atoms with Gasteiger partial charge in [0.15, 0.2) is 11.5 Å². The van der Waals surface area contributed by atoms with Gasteiger partial charge in [-0.15, -0.1) is 0 Å². The Kier molecular flexibility index (Phi) is 6.02. The summed E-state index contributed by atoms with van der Waals surface area (Å²) in [6.07, 6.45) is 5.03. The van der Waals surface area contributed by atoms with E-state index in [1.807, 2.05) is 18.3 Å². The van der Waals surface area contributed by atoms with Crippen molar-refractivity contribution in [3.63, 3.8) is 0 Å². The van der Waals surface area contributed by atoms with E-state index < -0.39 is 0 Å². The van der Waals surface area contributed by atoms with Gasteiger partial charge in [0, 0.05) is 63.8 Å². The predicted octanol–water partition coefficient (Wildman–Crippen LogP) is 1.25. The minimum atomic E-state index is 0.220. The molecule has 2 aliphatic heterocycles. The third-order valence-electron chi connectivity index (χ3n) is 6.11. The number of imidazole rings is 1. The summed E-state index contributed by atoms with van der Waals surface area (Å²) in [6, 6.07) is 7.17. The molecule has 9 heteroatoms. The van der Waals surface area contributed by atoms with E-state index in [0.29, 0.717) is 19.8 Å². The Bertz CT molecular complexity index is 1090. The lowest BCUT2D eigenvalue weighted by Gasteiger charge is -2.33. The molecule has 2 fully saturated rings. The van der Waals surface area contributed by atoms with Crippen LogP contribution in [0.1, 0.15) is 5.69 Å². The summed E-state index contributed by atoms with van der Waals surface area (Å²) in [5, 5.41) is 9.94. The second-order valence-electron chi connectivity index (χ2n) is 8.31. The van der Waals surface area contributed by atoms with Crippen LogP contribution in [0.4, 0.5) is 5.82 Å². The number of carbonyl (C=O) groups is 1. The molecule has 0 radical (unpaired) electrons. The maximum absolute atomic E-state index is 10.8. The zero-order valence-electron chi connectivity index (χ0n) is 18.1. The molecule has 2 aromatic heterocycles. The number of aromatic nitrogens is 3. The number of hydrogen-bond donors (Lipinski definition) is 1. The summed E-state index contributed by atoms with van der Waals surface area (Å²) < 4.78 is 7.58. The predicted molar refractivity (Wildman–Crippen MR) is 121 cm³/mol. The number of fused-ring (bicyclic) bond motifs is 1. The van der Waals surface area contributed by atoms with Crippen molar-refractivity contribution in [2.75, 3.05) is 63.9 Å². The van der Waals surface area contributed by atoms with Crippen molar-refractivity contribution >= 4 is 17.8 Å². The fraction of sp³-hybridized carbons (Fsp3) is 0.435. The number of nitrogens with zero attached hydrogens (tertiary/aromatic N) is 6. The van der Waals surface area contributed by atoms with Crippen LogP contribution < -0.4 is 4.90 Å². The van der Waals surface area contributed by atoms with E-state index >= 15 is 0 Å². The van der Waals surface area contributed by atoms with Gasteiger partial charge in [0.2, 0.25) is 0 Å². The van der Waals surface area contributed by atoms with Gasteiger partial charge in [0.25, 0.3) is 0 Å². The number of phenolic OH excluding ortho intramolecular Hbond substituents is 1. The van der Waals surface area contributed by atoms with Gasteiger partial charge in [-0.1, -0.05) is 12.1 Å². The SMILES string of the molecule is O=CCN1CCN(Cc2cn3cc(-c4cccc(O)c4)nc(N4CCOCC4)c3n2)CC1. The van der Waals surface area contributed by atoms with E-state index in [-0.39, 0.29) is 5.75 Å².